The van der Waals surface area contributed by atoms with E-state index in [2.05, 4.69) is 4.90 Å². The second kappa shape index (κ2) is 6.34. The van der Waals surface area contributed by atoms with Crippen LogP contribution < -0.4 is 0 Å². The van der Waals surface area contributed by atoms with Gasteiger partial charge >= 0.3 is 0 Å². The van der Waals surface area contributed by atoms with Crippen LogP contribution in [-0.4, -0.2) is 53.6 Å². The van der Waals surface area contributed by atoms with Crippen molar-refractivity contribution in [2.75, 3.05) is 32.8 Å². The van der Waals surface area contributed by atoms with E-state index in [1.165, 1.54) is 6.07 Å². The quantitative estimate of drug-likeness (QED) is 0.919. The zero-order valence-electron chi connectivity index (χ0n) is 12.8. The van der Waals surface area contributed by atoms with E-state index in [-0.39, 0.29) is 23.7 Å². The molecule has 0 aliphatic carbocycles. The lowest BCUT2D eigenvalue weighted by atomic mass is 9.78. The average molecular weight is 306 g/mol. The summed E-state index contributed by atoms with van der Waals surface area (Å²) in [6.45, 7) is 3.40. The van der Waals surface area contributed by atoms with E-state index >= 15 is 0 Å². The Morgan fingerprint density at radius 1 is 1.23 bits per heavy atom. The van der Waals surface area contributed by atoms with Gasteiger partial charge in [0.05, 0.1) is 12.0 Å². The van der Waals surface area contributed by atoms with Crippen molar-refractivity contribution in [1.82, 2.24) is 9.80 Å². The predicted octanol–water partition coefficient (Wildman–Crippen LogP) is 1.63. The van der Waals surface area contributed by atoms with Crippen LogP contribution in [0.15, 0.2) is 24.3 Å². The summed E-state index contributed by atoms with van der Waals surface area (Å²) in [4.78, 5) is 16.9. The lowest BCUT2D eigenvalue weighted by molar-refractivity contribution is -0.146. The summed E-state index contributed by atoms with van der Waals surface area (Å²) >= 11 is 0. The van der Waals surface area contributed by atoms with Crippen LogP contribution in [0.2, 0.25) is 0 Å². The highest BCUT2D eigenvalue weighted by Crippen LogP contribution is 2.40. The maximum Gasteiger partial charge on any atom is 0.230 e. The van der Waals surface area contributed by atoms with Crippen molar-refractivity contribution < 1.29 is 14.3 Å². The maximum absolute atomic E-state index is 13.8. The summed E-state index contributed by atoms with van der Waals surface area (Å²) in [5.41, 5.74) is 0.261. The van der Waals surface area contributed by atoms with Crippen molar-refractivity contribution >= 4 is 5.91 Å². The Bertz CT molecular complexity index is 551. The molecule has 1 atom stereocenters. The van der Waals surface area contributed by atoms with Gasteiger partial charge < -0.3 is 10.0 Å². The molecule has 1 amide bonds. The molecule has 3 rings (SSSR count). The number of β-amino-alcohol motifs (C(OH)–C–C–N with tert-alkyl or cyclic N) is 1. The molecule has 4 nitrogen and oxygen atoms in total. The fourth-order valence-corrected chi connectivity index (χ4v) is 3.80. The molecule has 0 radical (unpaired) electrons. The van der Waals surface area contributed by atoms with E-state index in [4.69, 9.17) is 5.11 Å². The second-order valence-electron chi connectivity index (χ2n) is 6.45. The number of aliphatic hydroxyl groups is 1. The summed E-state index contributed by atoms with van der Waals surface area (Å²) in [5, 5.41) is 9.08. The fraction of sp³-hybridized carbons (Fsp3) is 0.588. The van der Waals surface area contributed by atoms with E-state index in [0.717, 1.165) is 32.4 Å². The Kier molecular flexibility index (Phi) is 4.45. The van der Waals surface area contributed by atoms with Crippen LogP contribution in [0.5, 0.6) is 0 Å². The lowest BCUT2D eigenvalue weighted by Crippen LogP contribution is -2.49. The van der Waals surface area contributed by atoms with Crippen LogP contribution in [0.25, 0.3) is 0 Å². The fourth-order valence-electron chi connectivity index (χ4n) is 3.80. The third-order valence-corrected chi connectivity index (χ3v) is 4.99. The van der Waals surface area contributed by atoms with Crippen LogP contribution in [-0.2, 0) is 11.3 Å². The Morgan fingerprint density at radius 2 is 2.05 bits per heavy atom. The third kappa shape index (κ3) is 2.88. The van der Waals surface area contributed by atoms with Crippen LogP contribution >= 0.6 is 0 Å². The molecule has 2 heterocycles. The van der Waals surface area contributed by atoms with Crippen molar-refractivity contribution in [3.05, 3.63) is 35.6 Å². The molecule has 2 aliphatic heterocycles. The van der Waals surface area contributed by atoms with Crippen LogP contribution in [0.4, 0.5) is 4.39 Å². The zero-order valence-corrected chi connectivity index (χ0v) is 12.8. The van der Waals surface area contributed by atoms with Gasteiger partial charge in [-0.15, -0.1) is 0 Å². The zero-order chi connectivity index (χ0) is 15.6. The summed E-state index contributed by atoms with van der Waals surface area (Å²) in [6, 6.07) is 6.66. The van der Waals surface area contributed by atoms with Gasteiger partial charge in [-0.1, -0.05) is 18.2 Å². The molecule has 0 unspecified atom stereocenters. The molecule has 2 aliphatic rings. The smallest absolute Gasteiger partial charge is 0.230 e. The number of hydrogen-bond acceptors (Lipinski definition) is 3. The minimum Gasteiger partial charge on any atom is -0.395 e. The lowest BCUT2D eigenvalue weighted by Gasteiger charge is -2.39. The van der Waals surface area contributed by atoms with Crippen molar-refractivity contribution in [1.29, 1.82) is 0 Å². The topological polar surface area (TPSA) is 43.8 Å². The number of halogens is 1. The standard InChI is InChI=1S/C17H23FN2O2/c18-15-5-2-1-4-14(15)12-20-8-3-6-17(16(20)22)7-9-19(13-17)10-11-21/h1-2,4-5,21H,3,6-13H2/t17-/m1/s1. The highest BCUT2D eigenvalue weighted by molar-refractivity contribution is 5.84. The molecule has 2 saturated heterocycles. The minimum absolute atomic E-state index is 0.128. The molecule has 2 fully saturated rings. The first-order valence-electron chi connectivity index (χ1n) is 8.01. The van der Waals surface area contributed by atoms with Crippen molar-refractivity contribution in [3.8, 4) is 0 Å². The van der Waals surface area contributed by atoms with E-state index in [9.17, 15) is 9.18 Å². The summed E-state index contributed by atoms with van der Waals surface area (Å²) in [7, 11) is 0. The van der Waals surface area contributed by atoms with Gasteiger partial charge in [-0.3, -0.25) is 9.69 Å². The van der Waals surface area contributed by atoms with Gasteiger partial charge in [0.25, 0.3) is 0 Å². The number of benzene rings is 1. The number of likely N-dealkylation sites (tertiary alicyclic amines) is 2. The Hall–Kier alpha value is -1.46. The predicted molar refractivity (Wildman–Crippen MR) is 81.6 cm³/mol. The Morgan fingerprint density at radius 3 is 2.82 bits per heavy atom. The van der Waals surface area contributed by atoms with Crippen molar-refractivity contribution in [2.45, 2.75) is 25.8 Å². The molecule has 1 aromatic carbocycles. The molecule has 0 saturated carbocycles. The first-order valence-corrected chi connectivity index (χ1v) is 8.01. The second-order valence-corrected chi connectivity index (χ2v) is 6.45. The van der Waals surface area contributed by atoms with Crippen molar-refractivity contribution in [3.63, 3.8) is 0 Å². The van der Waals surface area contributed by atoms with Gasteiger partial charge in [0.15, 0.2) is 0 Å². The Labute approximate surface area is 130 Å². The molecule has 22 heavy (non-hydrogen) atoms. The van der Waals surface area contributed by atoms with Gasteiger partial charge in [-0.05, 0) is 31.9 Å². The molecule has 1 N–H and O–H groups in total. The van der Waals surface area contributed by atoms with Gasteiger partial charge in [-0.2, -0.15) is 0 Å². The number of rotatable bonds is 4. The van der Waals surface area contributed by atoms with Gasteiger partial charge in [0.2, 0.25) is 5.91 Å². The number of hydrogen-bond donors (Lipinski definition) is 1. The number of aliphatic hydroxyl groups excluding tert-OH is 1. The molecular weight excluding hydrogens is 283 g/mol. The number of piperidine rings is 1. The Balaban J connectivity index is 1.72. The first-order chi connectivity index (χ1) is 10.6. The molecule has 0 aromatic heterocycles. The number of carbonyl (C=O) groups is 1. The first kappa shape index (κ1) is 15.4. The van der Waals surface area contributed by atoms with Crippen LogP contribution in [0.1, 0.15) is 24.8 Å². The summed E-state index contributed by atoms with van der Waals surface area (Å²) < 4.78 is 13.8. The van der Waals surface area contributed by atoms with E-state index in [1.807, 2.05) is 4.90 Å². The highest BCUT2D eigenvalue weighted by Gasteiger charge is 2.48. The minimum atomic E-state index is -0.321. The number of amides is 1. The normalized spacial score (nSPS) is 26.1. The summed E-state index contributed by atoms with van der Waals surface area (Å²) in [6.07, 6.45) is 2.72. The van der Waals surface area contributed by atoms with Gasteiger partial charge in [0, 0.05) is 31.7 Å². The van der Waals surface area contributed by atoms with E-state index in [0.29, 0.717) is 25.2 Å². The molecular formula is C17H23FN2O2. The average Bonchev–Trinajstić information content (AvgIpc) is 2.91. The van der Waals surface area contributed by atoms with Gasteiger partial charge in [-0.25, -0.2) is 4.39 Å². The van der Waals surface area contributed by atoms with Crippen molar-refractivity contribution in [2.24, 2.45) is 5.41 Å². The monoisotopic (exact) mass is 306 g/mol. The van der Waals surface area contributed by atoms with Crippen LogP contribution in [0, 0.1) is 11.2 Å². The van der Waals surface area contributed by atoms with Gasteiger partial charge in [0.1, 0.15) is 5.82 Å². The molecule has 5 heteroatoms. The molecule has 1 aromatic rings. The SMILES string of the molecule is O=C1N(Cc2ccccc2F)CCC[C@]12CCN(CCO)C2. The van der Waals surface area contributed by atoms with E-state index < -0.39 is 0 Å². The maximum atomic E-state index is 13.8. The summed E-state index contributed by atoms with van der Waals surface area (Å²) in [5.74, 6) is -0.0919. The molecule has 120 valence electrons. The molecule has 1 spiro atoms. The third-order valence-electron chi connectivity index (χ3n) is 4.99. The van der Waals surface area contributed by atoms with E-state index in [1.54, 1.807) is 18.2 Å². The van der Waals surface area contributed by atoms with Crippen LogP contribution in [0.3, 0.4) is 0 Å². The highest BCUT2D eigenvalue weighted by atomic mass is 19.1. The molecule has 0 bridgehead atoms. The number of carbonyl (C=O) groups excluding carboxylic acids is 1. The largest absolute Gasteiger partial charge is 0.395 e. The number of nitrogens with zero attached hydrogens (tertiary/aromatic N) is 2.